The highest BCUT2D eigenvalue weighted by Crippen LogP contribution is 2.37. The minimum Gasteiger partial charge on any atom is -0.368 e. The van der Waals surface area contributed by atoms with E-state index in [1.165, 1.54) is 5.69 Å². The average molecular weight is 329 g/mol. The first-order chi connectivity index (χ1) is 11.6. The summed E-state index contributed by atoms with van der Waals surface area (Å²) in [4.78, 5) is 28.8. The lowest BCUT2D eigenvalue weighted by Crippen LogP contribution is -2.52. The van der Waals surface area contributed by atoms with Gasteiger partial charge in [-0.3, -0.25) is 9.59 Å². The van der Waals surface area contributed by atoms with Crippen molar-refractivity contribution in [2.24, 2.45) is 5.41 Å². The first kappa shape index (κ1) is 16.8. The third-order valence-electron chi connectivity index (χ3n) is 5.41. The molecule has 1 N–H and O–H groups in total. The summed E-state index contributed by atoms with van der Waals surface area (Å²) in [6.45, 7) is 5.22. The number of hydrogen-bond acceptors (Lipinski definition) is 3. The maximum Gasteiger partial charge on any atom is 0.242 e. The number of anilines is 1. The number of para-hydroxylation sites is 1. The lowest BCUT2D eigenvalue weighted by Gasteiger charge is -2.36. The number of carbonyl (C=O) groups is 2. The van der Waals surface area contributed by atoms with E-state index in [1.807, 2.05) is 30.0 Å². The Kier molecular flexibility index (Phi) is 5.07. The minimum absolute atomic E-state index is 0.0256. The van der Waals surface area contributed by atoms with Crippen LogP contribution < -0.4 is 10.2 Å². The van der Waals surface area contributed by atoms with Crippen molar-refractivity contribution in [2.75, 3.05) is 37.6 Å². The number of nitrogens with zero attached hydrogens (tertiary/aromatic N) is 2. The number of amides is 2. The molecular weight excluding hydrogens is 302 g/mol. The van der Waals surface area contributed by atoms with Crippen molar-refractivity contribution in [1.82, 2.24) is 10.2 Å². The van der Waals surface area contributed by atoms with Crippen molar-refractivity contribution in [3.63, 3.8) is 0 Å². The Bertz CT molecular complexity index is 574. The molecule has 1 aliphatic carbocycles. The van der Waals surface area contributed by atoms with Crippen LogP contribution in [0.4, 0.5) is 5.69 Å². The van der Waals surface area contributed by atoms with Gasteiger partial charge in [-0.25, -0.2) is 0 Å². The molecule has 1 aliphatic heterocycles. The smallest absolute Gasteiger partial charge is 0.242 e. The van der Waals surface area contributed by atoms with Gasteiger partial charge >= 0.3 is 0 Å². The fraction of sp³-hybridized carbons (Fsp3) is 0.579. The Morgan fingerprint density at radius 3 is 2.29 bits per heavy atom. The quantitative estimate of drug-likeness (QED) is 0.920. The molecule has 3 rings (SSSR count). The molecule has 0 radical (unpaired) electrons. The number of piperazine rings is 1. The lowest BCUT2D eigenvalue weighted by atomic mass is 9.88. The predicted molar refractivity (Wildman–Crippen MR) is 94.8 cm³/mol. The van der Waals surface area contributed by atoms with Gasteiger partial charge in [-0.2, -0.15) is 0 Å². The molecule has 1 saturated heterocycles. The van der Waals surface area contributed by atoms with Gasteiger partial charge in [-0.05, 0) is 25.0 Å². The van der Waals surface area contributed by atoms with Crippen molar-refractivity contribution in [1.29, 1.82) is 0 Å². The SMILES string of the molecule is CC1(C(=O)NCC(=O)N2CCN(c3ccccc3)CC2)CCCC1. The summed E-state index contributed by atoms with van der Waals surface area (Å²) in [5.74, 6) is 0.0638. The Morgan fingerprint density at radius 1 is 1.04 bits per heavy atom. The molecule has 0 aromatic heterocycles. The van der Waals surface area contributed by atoms with Crippen LogP contribution in [-0.4, -0.2) is 49.4 Å². The molecular formula is C19H27N3O2. The molecule has 5 heteroatoms. The predicted octanol–water partition coefficient (Wildman–Crippen LogP) is 2.03. The standard InChI is InChI=1S/C19H27N3O2/c1-19(9-5-6-10-19)18(24)20-15-17(23)22-13-11-21(12-14-22)16-7-3-2-4-8-16/h2-4,7-8H,5-6,9-15H2,1H3,(H,20,24). The first-order valence-corrected chi connectivity index (χ1v) is 8.95. The summed E-state index contributed by atoms with van der Waals surface area (Å²) in [6, 6.07) is 10.3. The molecule has 0 spiro atoms. The Hall–Kier alpha value is -2.04. The molecule has 130 valence electrons. The third kappa shape index (κ3) is 3.71. The normalized spacial score (nSPS) is 20.0. The highest BCUT2D eigenvalue weighted by molar-refractivity contribution is 5.88. The van der Waals surface area contributed by atoms with Crippen LogP contribution >= 0.6 is 0 Å². The fourth-order valence-electron chi connectivity index (χ4n) is 3.72. The first-order valence-electron chi connectivity index (χ1n) is 8.95. The zero-order valence-corrected chi connectivity index (χ0v) is 14.5. The van der Waals surface area contributed by atoms with Crippen LogP contribution in [0.25, 0.3) is 0 Å². The van der Waals surface area contributed by atoms with Crippen molar-refractivity contribution in [2.45, 2.75) is 32.6 Å². The van der Waals surface area contributed by atoms with Crippen LogP contribution in [0.15, 0.2) is 30.3 Å². The summed E-state index contributed by atoms with van der Waals surface area (Å²) < 4.78 is 0. The third-order valence-corrected chi connectivity index (χ3v) is 5.41. The highest BCUT2D eigenvalue weighted by atomic mass is 16.2. The van der Waals surface area contributed by atoms with Gasteiger partial charge in [0.2, 0.25) is 11.8 Å². The second-order valence-corrected chi connectivity index (χ2v) is 7.15. The molecule has 2 fully saturated rings. The molecule has 2 amide bonds. The molecule has 5 nitrogen and oxygen atoms in total. The molecule has 1 heterocycles. The number of rotatable bonds is 4. The molecule has 0 unspecified atom stereocenters. The van der Waals surface area contributed by atoms with E-state index in [0.717, 1.165) is 38.8 Å². The molecule has 2 aliphatic rings. The van der Waals surface area contributed by atoms with Gasteiger partial charge in [0.1, 0.15) is 0 Å². The molecule has 0 bridgehead atoms. The van der Waals surface area contributed by atoms with Gasteiger partial charge in [-0.15, -0.1) is 0 Å². The van der Waals surface area contributed by atoms with E-state index in [4.69, 9.17) is 0 Å². The molecule has 1 aromatic rings. The monoisotopic (exact) mass is 329 g/mol. The molecule has 0 atom stereocenters. The average Bonchev–Trinajstić information content (AvgIpc) is 3.08. The van der Waals surface area contributed by atoms with E-state index < -0.39 is 0 Å². The molecule has 1 aromatic carbocycles. The van der Waals surface area contributed by atoms with Gasteiger partial charge in [0, 0.05) is 37.3 Å². The highest BCUT2D eigenvalue weighted by Gasteiger charge is 2.36. The molecule has 24 heavy (non-hydrogen) atoms. The maximum absolute atomic E-state index is 12.4. The van der Waals surface area contributed by atoms with E-state index in [9.17, 15) is 9.59 Å². The summed E-state index contributed by atoms with van der Waals surface area (Å²) in [5, 5.41) is 2.86. The minimum atomic E-state index is -0.272. The van der Waals surface area contributed by atoms with Gasteiger partial charge in [0.25, 0.3) is 0 Å². The van der Waals surface area contributed by atoms with E-state index in [0.29, 0.717) is 13.1 Å². The fourth-order valence-corrected chi connectivity index (χ4v) is 3.72. The Morgan fingerprint density at radius 2 is 1.67 bits per heavy atom. The van der Waals surface area contributed by atoms with E-state index in [-0.39, 0.29) is 23.8 Å². The number of hydrogen-bond donors (Lipinski definition) is 1. The molecule has 1 saturated carbocycles. The van der Waals surface area contributed by atoms with Gasteiger partial charge in [-0.1, -0.05) is 38.0 Å². The zero-order valence-electron chi connectivity index (χ0n) is 14.5. The second kappa shape index (κ2) is 7.24. The summed E-state index contributed by atoms with van der Waals surface area (Å²) >= 11 is 0. The van der Waals surface area contributed by atoms with Crippen molar-refractivity contribution in [3.8, 4) is 0 Å². The van der Waals surface area contributed by atoms with Crippen LogP contribution in [0.1, 0.15) is 32.6 Å². The topological polar surface area (TPSA) is 52.7 Å². The van der Waals surface area contributed by atoms with Crippen LogP contribution in [0.5, 0.6) is 0 Å². The van der Waals surface area contributed by atoms with E-state index in [1.54, 1.807) is 0 Å². The summed E-state index contributed by atoms with van der Waals surface area (Å²) in [6.07, 6.45) is 4.09. The largest absolute Gasteiger partial charge is 0.368 e. The van der Waals surface area contributed by atoms with Crippen LogP contribution in [0.2, 0.25) is 0 Å². The number of nitrogens with one attached hydrogen (secondary N) is 1. The second-order valence-electron chi connectivity index (χ2n) is 7.15. The Labute approximate surface area is 144 Å². The summed E-state index contributed by atoms with van der Waals surface area (Å²) in [7, 11) is 0. The van der Waals surface area contributed by atoms with Crippen LogP contribution in [-0.2, 0) is 9.59 Å². The van der Waals surface area contributed by atoms with Crippen LogP contribution in [0.3, 0.4) is 0 Å². The number of carbonyl (C=O) groups excluding carboxylic acids is 2. The number of benzene rings is 1. The zero-order chi connectivity index (χ0) is 17.0. The lowest BCUT2D eigenvalue weighted by molar-refractivity contribution is -0.136. The van der Waals surface area contributed by atoms with Crippen molar-refractivity contribution >= 4 is 17.5 Å². The van der Waals surface area contributed by atoms with E-state index in [2.05, 4.69) is 22.3 Å². The van der Waals surface area contributed by atoms with Gasteiger partial charge in [0.05, 0.1) is 6.54 Å². The van der Waals surface area contributed by atoms with Crippen LogP contribution in [0, 0.1) is 5.41 Å². The maximum atomic E-state index is 12.4. The van der Waals surface area contributed by atoms with Crippen molar-refractivity contribution in [3.05, 3.63) is 30.3 Å². The van der Waals surface area contributed by atoms with E-state index >= 15 is 0 Å². The summed E-state index contributed by atoms with van der Waals surface area (Å²) in [5.41, 5.74) is 0.929. The van der Waals surface area contributed by atoms with Crippen molar-refractivity contribution < 1.29 is 9.59 Å². The van der Waals surface area contributed by atoms with Gasteiger partial charge in [0.15, 0.2) is 0 Å². The van der Waals surface area contributed by atoms with Gasteiger partial charge < -0.3 is 15.1 Å². The Balaban J connectivity index is 1.44.